The van der Waals surface area contributed by atoms with Crippen LogP contribution in [0.15, 0.2) is 58.8 Å². The van der Waals surface area contributed by atoms with Crippen molar-refractivity contribution in [1.82, 2.24) is 0 Å². The lowest BCUT2D eigenvalue weighted by Gasteiger charge is -2.22. The smallest absolute Gasteiger partial charge is 0.338 e. The number of aliphatic hydroxyl groups is 2. The Morgan fingerprint density at radius 1 is 0.923 bits per heavy atom. The van der Waals surface area contributed by atoms with E-state index in [1.807, 2.05) is 29.2 Å². The minimum atomic E-state index is -0.359. The Hall–Kier alpha value is -2.77. The van der Waals surface area contributed by atoms with Crippen molar-refractivity contribution >= 4 is 23.0 Å². The normalized spacial score (nSPS) is 10.9. The van der Waals surface area contributed by atoms with Crippen LogP contribution in [0.1, 0.15) is 17.3 Å². The molecule has 2 aromatic rings. The molecule has 7 heteroatoms. The average molecular weight is 357 g/mol. The molecule has 0 aliphatic carbocycles. The molecule has 0 aromatic heterocycles. The number of nitrogens with zero attached hydrogens (tertiary/aromatic N) is 3. The second kappa shape index (κ2) is 10.3. The van der Waals surface area contributed by atoms with Gasteiger partial charge in [0.05, 0.1) is 36.8 Å². The van der Waals surface area contributed by atoms with E-state index < -0.39 is 0 Å². The van der Waals surface area contributed by atoms with Crippen LogP contribution < -0.4 is 4.90 Å². The third kappa shape index (κ3) is 5.65. The molecule has 0 aliphatic heterocycles. The molecule has 0 amide bonds. The molecular weight excluding hydrogens is 334 g/mol. The molecular formula is C19H23N3O4. The van der Waals surface area contributed by atoms with E-state index >= 15 is 0 Å². The number of carbonyl (C=O) groups excluding carboxylic acids is 1. The molecule has 0 bridgehead atoms. The minimum Gasteiger partial charge on any atom is -0.462 e. The van der Waals surface area contributed by atoms with E-state index in [0.717, 1.165) is 5.69 Å². The number of esters is 1. The summed E-state index contributed by atoms with van der Waals surface area (Å²) >= 11 is 0. The first kappa shape index (κ1) is 19.6. The van der Waals surface area contributed by atoms with Crippen molar-refractivity contribution in [3.63, 3.8) is 0 Å². The van der Waals surface area contributed by atoms with Gasteiger partial charge in [-0.3, -0.25) is 0 Å². The van der Waals surface area contributed by atoms with E-state index in [4.69, 9.17) is 14.9 Å². The van der Waals surface area contributed by atoms with Crippen molar-refractivity contribution in [3.8, 4) is 0 Å². The van der Waals surface area contributed by atoms with E-state index in [2.05, 4.69) is 10.2 Å². The van der Waals surface area contributed by atoms with Gasteiger partial charge in [-0.05, 0) is 55.5 Å². The molecule has 138 valence electrons. The van der Waals surface area contributed by atoms with Crippen LogP contribution in [0.25, 0.3) is 0 Å². The zero-order valence-corrected chi connectivity index (χ0v) is 14.7. The number of aliphatic hydroxyl groups excluding tert-OH is 2. The average Bonchev–Trinajstić information content (AvgIpc) is 2.67. The number of benzene rings is 2. The van der Waals surface area contributed by atoms with Crippen LogP contribution in [0.2, 0.25) is 0 Å². The Balaban J connectivity index is 2.02. The minimum absolute atomic E-state index is 0.0171. The lowest BCUT2D eigenvalue weighted by Crippen LogP contribution is -2.29. The highest BCUT2D eigenvalue weighted by Crippen LogP contribution is 2.22. The lowest BCUT2D eigenvalue weighted by atomic mass is 10.2. The summed E-state index contributed by atoms with van der Waals surface area (Å²) in [7, 11) is 0. The summed E-state index contributed by atoms with van der Waals surface area (Å²) in [6.07, 6.45) is 0. The Morgan fingerprint density at radius 3 is 1.88 bits per heavy atom. The van der Waals surface area contributed by atoms with Crippen LogP contribution >= 0.6 is 0 Å². The van der Waals surface area contributed by atoms with Gasteiger partial charge in [0.15, 0.2) is 0 Å². The maximum absolute atomic E-state index is 11.6. The van der Waals surface area contributed by atoms with Gasteiger partial charge in [0.1, 0.15) is 0 Å². The number of anilines is 1. The molecule has 0 saturated heterocycles. The van der Waals surface area contributed by atoms with Crippen molar-refractivity contribution in [3.05, 3.63) is 54.1 Å². The molecule has 26 heavy (non-hydrogen) atoms. The first-order chi connectivity index (χ1) is 12.7. The number of rotatable bonds is 9. The predicted molar refractivity (Wildman–Crippen MR) is 99.4 cm³/mol. The van der Waals surface area contributed by atoms with Crippen LogP contribution in [-0.2, 0) is 4.74 Å². The first-order valence-corrected chi connectivity index (χ1v) is 8.43. The maximum atomic E-state index is 11.6. The van der Waals surface area contributed by atoms with E-state index in [-0.39, 0.29) is 19.2 Å². The topological polar surface area (TPSA) is 94.7 Å². The van der Waals surface area contributed by atoms with Crippen LogP contribution in [-0.4, -0.2) is 49.1 Å². The standard InChI is InChI=1S/C19H23N3O4/c1-2-26-19(25)15-3-5-16(6-4-15)20-21-17-7-9-18(10-8-17)22(11-13-23)12-14-24/h3-10,23-24H,2,11-14H2,1H3. The molecule has 2 aromatic carbocycles. The molecule has 0 fully saturated rings. The highest BCUT2D eigenvalue weighted by atomic mass is 16.5. The summed E-state index contributed by atoms with van der Waals surface area (Å²) in [6.45, 7) is 3.04. The molecule has 0 aliphatic rings. The number of ether oxygens (including phenoxy) is 1. The lowest BCUT2D eigenvalue weighted by molar-refractivity contribution is 0.0526. The zero-order chi connectivity index (χ0) is 18.8. The Labute approximate surface area is 152 Å². The number of hydrogen-bond donors (Lipinski definition) is 2. The number of hydrogen-bond acceptors (Lipinski definition) is 7. The van der Waals surface area contributed by atoms with Gasteiger partial charge in [-0.2, -0.15) is 10.2 Å². The summed E-state index contributed by atoms with van der Waals surface area (Å²) in [5, 5.41) is 26.5. The SMILES string of the molecule is CCOC(=O)c1ccc(N=Nc2ccc(N(CCO)CCO)cc2)cc1. The highest BCUT2D eigenvalue weighted by molar-refractivity contribution is 5.89. The van der Waals surface area contributed by atoms with Gasteiger partial charge in [-0.15, -0.1) is 0 Å². The molecule has 2 N–H and O–H groups in total. The van der Waals surface area contributed by atoms with Crippen LogP contribution in [0.4, 0.5) is 17.1 Å². The van der Waals surface area contributed by atoms with Gasteiger partial charge in [0.25, 0.3) is 0 Å². The number of azo groups is 1. The molecule has 2 rings (SSSR count). The van der Waals surface area contributed by atoms with E-state index in [9.17, 15) is 4.79 Å². The van der Waals surface area contributed by atoms with E-state index in [1.54, 1.807) is 31.2 Å². The van der Waals surface area contributed by atoms with Crippen LogP contribution in [0, 0.1) is 0 Å². The highest BCUT2D eigenvalue weighted by Gasteiger charge is 2.06. The summed E-state index contributed by atoms with van der Waals surface area (Å²) < 4.78 is 4.93. The van der Waals surface area contributed by atoms with Crippen molar-refractivity contribution in [2.75, 3.05) is 37.8 Å². The third-order valence-corrected chi connectivity index (χ3v) is 3.61. The van der Waals surface area contributed by atoms with E-state index in [0.29, 0.717) is 36.6 Å². The predicted octanol–water partition coefficient (Wildman–Crippen LogP) is 3.07. The quantitative estimate of drug-likeness (QED) is 0.531. The fourth-order valence-corrected chi connectivity index (χ4v) is 2.34. The largest absolute Gasteiger partial charge is 0.462 e. The van der Waals surface area contributed by atoms with E-state index in [1.165, 1.54) is 0 Å². The first-order valence-electron chi connectivity index (χ1n) is 8.43. The van der Waals surface area contributed by atoms with Gasteiger partial charge in [-0.1, -0.05) is 0 Å². The summed E-state index contributed by atoms with van der Waals surface area (Å²) in [6, 6.07) is 14.1. The Bertz CT molecular complexity index is 709. The van der Waals surface area contributed by atoms with Crippen molar-refractivity contribution < 1.29 is 19.7 Å². The molecule has 0 radical (unpaired) electrons. The monoisotopic (exact) mass is 357 g/mol. The summed E-state index contributed by atoms with van der Waals surface area (Å²) in [5.41, 5.74) is 2.68. The van der Waals surface area contributed by atoms with Crippen molar-refractivity contribution in [2.45, 2.75) is 6.92 Å². The fraction of sp³-hybridized carbons (Fsp3) is 0.316. The Morgan fingerprint density at radius 2 is 1.42 bits per heavy atom. The maximum Gasteiger partial charge on any atom is 0.338 e. The summed E-state index contributed by atoms with van der Waals surface area (Å²) in [4.78, 5) is 13.5. The molecule has 0 unspecified atom stereocenters. The van der Waals surface area contributed by atoms with Crippen LogP contribution in [0.5, 0.6) is 0 Å². The molecule has 7 nitrogen and oxygen atoms in total. The number of carbonyl (C=O) groups is 1. The molecule has 0 spiro atoms. The van der Waals surface area contributed by atoms with Gasteiger partial charge in [0, 0.05) is 18.8 Å². The molecule has 0 atom stereocenters. The second-order valence-electron chi connectivity index (χ2n) is 5.42. The second-order valence-corrected chi connectivity index (χ2v) is 5.42. The Kier molecular flexibility index (Phi) is 7.73. The van der Waals surface area contributed by atoms with Gasteiger partial charge in [-0.25, -0.2) is 4.79 Å². The van der Waals surface area contributed by atoms with Crippen molar-refractivity contribution in [2.24, 2.45) is 10.2 Å². The van der Waals surface area contributed by atoms with Gasteiger partial charge >= 0.3 is 5.97 Å². The molecule has 0 heterocycles. The molecule has 0 saturated carbocycles. The third-order valence-electron chi connectivity index (χ3n) is 3.61. The van der Waals surface area contributed by atoms with Crippen LogP contribution in [0.3, 0.4) is 0 Å². The fourth-order valence-electron chi connectivity index (χ4n) is 2.34. The zero-order valence-electron chi connectivity index (χ0n) is 14.7. The van der Waals surface area contributed by atoms with Crippen molar-refractivity contribution in [1.29, 1.82) is 0 Å². The van der Waals surface area contributed by atoms with Gasteiger partial charge in [0.2, 0.25) is 0 Å². The van der Waals surface area contributed by atoms with Gasteiger partial charge < -0.3 is 19.8 Å². The summed E-state index contributed by atoms with van der Waals surface area (Å²) in [5.74, 6) is -0.359.